The number of carbonyl (C=O) groups is 2. The molecule has 0 heterocycles. The lowest BCUT2D eigenvalue weighted by atomic mass is 10.1. The Hall–Kier alpha value is -3.97. The van der Waals surface area contributed by atoms with Gasteiger partial charge in [0.25, 0.3) is 7.14 Å². The van der Waals surface area contributed by atoms with Crippen LogP contribution in [0.2, 0.25) is 0 Å². The molecule has 0 amide bonds. The van der Waals surface area contributed by atoms with E-state index < -0.39 is 18.2 Å². The minimum absolute atomic E-state index is 0.0497. The van der Waals surface area contributed by atoms with Crippen molar-refractivity contribution in [1.82, 2.24) is 0 Å². The SMILES string of the molecule is CCCCCCCCOc1ccc(P(=O)(C(=O)c2c(OC)cccc2OC)C(=O)c2c(OC)cccc2OC)c(OCCCCCCCC)c1. The van der Waals surface area contributed by atoms with Gasteiger partial charge in [-0.15, -0.1) is 0 Å². The van der Waals surface area contributed by atoms with Crippen LogP contribution < -0.4 is 33.7 Å². The zero-order valence-electron chi connectivity index (χ0n) is 30.7. The minimum Gasteiger partial charge on any atom is -0.496 e. The van der Waals surface area contributed by atoms with Gasteiger partial charge in [-0.1, -0.05) is 90.2 Å². The lowest BCUT2D eigenvalue weighted by Crippen LogP contribution is -2.24. The summed E-state index contributed by atoms with van der Waals surface area (Å²) >= 11 is 0. The van der Waals surface area contributed by atoms with Crippen LogP contribution in [0.25, 0.3) is 0 Å². The van der Waals surface area contributed by atoms with Gasteiger partial charge in [-0.2, -0.15) is 0 Å². The topological polar surface area (TPSA) is 107 Å². The molecule has 0 aliphatic rings. The molecule has 0 bridgehead atoms. The zero-order chi connectivity index (χ0) is 36.4. The molecule has 0 spiro atoms. The van der Waals surface area contributed by atoms with Gasteiger partial charge < -0.3 is 33.0 Å². The monoisotopic (exact) mass is 710 g/mol. The van der Waals surface area contributed by atoms with Crippen molar-refractivity contribution >= 4 is 23.5 Å². The summed E-state index contributed by atoms with van der Waals surface area (Å²) < 4.78 is 50.3. The molecule has 3 aromatic carbocycles. The van der Waals surface area contributed by atoms with E-state index in [9.17, 15) is 9.59 Å². The van der Waals surface area contributed by atoms with Crippen LogP contribution in [0.1, 0.15) is 112 Å². The van der Waals surface area contributed by atoms with E-state index in [4.69, 9.17) is 28.4 Å². The van der Waals surface area contributed by atoms with Crippen molar-refractivity contribution in [1.29, 1.82) is 0 Å². The van der Waals surface area contributed by atoms with E-state index in [2.05, 4.69) is 13.8 Å². The summed E-state index contributed by atoms with van der Waals surface area (Å²) in [6.07, 6.45) is 12.9. The van der Waals surface area contributed by atoms with Crippen molar-refractivity contribution in [2.24, 2.45) is 0 Å². The maximum atomic E-state index is 15.8. The van der Waals surface area contributed by atoms with Crippen LogP contribution in [0.15, 0.2) is 54.6 Å². The van der Waals surface area contributed by atoms with Gasteiger partial charge in [0.05, 0.1) is 47.0 Å². The Morgan fingerprint density at radius 3 is 1.34 bits per heavy atom. The fourth-order valence-corrected chi connectivity index (χ4v) is 8.26. The number of hydrogen-bond donors (Lipinski definition) is 0. The van der Waals surface area contributed by atoms with Gasteiger partial charge in [0.15, 0.2) is 0 Å². The summed E-state index contributed by atoms with van der Waals surface area (Å²) in [5.74, 6) is 1.10. The van der Waals surface area contributed by atoms with Crippen molar-refractivity contribution in [3.63, 3.8) is 0 Å². The normalized spacial score (nSPS) is 11.2. The van der Waals surface area contributed by atoms with Gasteiger partial charge in [-0.3, -0.25) is 9.59 Å². The molecule has 0 aliphatic carbocycles. The molecule has 0 unspecified atom stereocenters. The molecule has 0 atom stereocenters. The standard InChI is InChI=1S/C40H55O9P/c1-7-9-11-13-15-17-27-48-30-25-26-36(35(29-30)49-28-18-16-14-12-10-8-2)50(43,39(41)37-31(44-3)21-19-22-32(37)45-4)40(42)38-33(46-5)23-20-24-34(38)47-6/h19-26,29H,7-18,27-28H2,1-6H3. The first-order chi connectivity index (χ1) is 24.3. The number of rotatable bonds is 25. The predicted octanol–water partition coefficient (Wildman–Crippen LogP) is 9.87. The van der Waals surface area contributed by atoms with Gasteiger partial charge in [-0.05, 0) is 49.2 Å². The third-order valence-electron chi connectivity index (χ3n) is 8.65. The first-order valence-electron chi connectivity index (χ1n) is 17.8. The fourth-order valence-electron chi connectivity index (χ4n) is 5.85. The third-order valence-corrected chi connectivity index (χ3v) is 11.3. The number of carbonyl (C=O) groups excluding carboxylic acids is 2. The lowest BCUT2D eigenvalue weighted by Gasteiger charge is -2.23. The highest BCUT2D eigenvalue weighted by Gasteiger charge is 2.49. The van der Waals surface area contributed by atoms with Crippen LogP contribution in [-0.4, -0.2) is 52.7 Å². The van der Waals surface area contributed by atoms with Crippen LogP contribution in [0, 0.1) is 0 Å². The first-order valence-corrected chi connectivity index (χ1v) is 19.5. The highest BCUT2D eigenvalue weighted by atomic mass is 31.2. The van der Waals surface area contributed by atoms with Gasteiger partial charge >= 0.3 is 0 Å². The second kappa shape index (κ2) is 21.3. The van der Waals surface area contributed by atoms with Gasteiger partial charge in [-0.25, -0.2) is 0 Å². The third kappa shape index (κ3) is 10.3. The molecule has 10 heteroatoms. The molecule has 0 saturated heterocycles. The minimum atomic E-state index is -4.81. The summed E-state index contributed by atoms with van der Waals surface area (Å²) in [4.78, 5) is 29.7. The largest absolute Gasteiger partial charge is 0.496 e. The summed E-state index contributed by atoms with van der Waals surface area (Å²) in [5.41, 5.74) is -2.16. The van der Waals surface area contributed by atoms with Crippen molar-refractivity contribution in [3.8, 4) is 34.5 Å². The molecule has 9 nitrogen and oxygen atoms in total. The molecule has 274 valence electrons. The quantitative estimate of drug-likeness (QED) is 0.0627. The Morgan fingerprint density at radius 2 is 0.920 bits per heavy atom. The molecular formula is C40H55O9P. The molecule has 0 saturated carbocycles. The second-order valence-corrected chi connectivity index (χ2v) is 14.7. The molecule has 3 rings (SSSR count). The molecule has 3 aromatic rings. The average Bonchev–Trinajstić information content (AvgIpc) is 3.15. The van der Waals surface area contributed by atoms with Crippen molar-refractivity contribution in [3.05, 3.63) is 65.7 Å². The highest BCUT2D eigenvalue weighted by molar-refractivity contribution is 8.01. The molecule has 0 aliphatic heterocycles. The zero-order valence-corrected chi connectivity index (χ0v) is 31.6. The number of hydrogen-bond acceptors (Lipinski definition) is 9. The van der Waals surface area contributed by atoms with Gasteiger partial charge in [0.2, 0.25) is 11.0 Å². The number of unbranched alkanes of at least 4 members (excludes halogenated alkanes) is 10. The van der Waals surface area contributed by atoms with Gasteiger partial charge in [0.1, 0.15) is 45.6 Å². The molecule has 0 radical (unpaired) electrons. The number of benzene rings is 3. The van der Waals surface area contributed by atoms with E-state index in [1.54, 1.807) is 48.5 Å². The number of ether oxygens (including phenoxy) is 6. The fraction of sp³-hybridized carbons (Fsp3) is 0.500. The number of methoxy groups -OCH3 is 4. The van der Waals surface area contributed by atoms with Crippen LogP contribution in [-0.2, 0) is 4.57 Å². The Bertz CT molecular complexity index is 1450. The second-order valence-electron chi connectivity index (χ2n) is 12.2. The Kier molecular flexibility index (Phi) is 17.2. The smallest absolute Gasteiger partial charge is 0.252 e. The van der Waals surface area contributed by atoms with Crippen molar-refractivity contribution < 1.29 is 42.6 Å². The van der Waals surface area contributed by atoms with E-state index in [0.717, 1.165) is 51.4 Å². The summed E-state index contributed by atoms with van der Waals surface area (Å²) in [7, 11) is 0.770. The predicted molar refractivity (Wildman–Crippen MR) is 199 cm³/mol. The average molecular weight is 711 g/mol. The summed E-state index contributed by atoms with van der Waals surface area (Å²) in [5, 5.41) is -0.0497. The van der Waals surface area contributed by atoms with Crippen LogP contribution >= 0.6 is 7.14 Å². The molecule has 50 heavy (non-hydrogen) atoms. The molecule has 0 fully saturated rings. The van der Waals surface area contributed by atoms with E-state index in [-0.39, 0.29) is 45.2 Å². The van der Waals surface area contributed by atoms with Crippen LogP contribution in [0.3, 0.4) is 0 Å². The van der Waals surface area contributed by atoms with Crippen molar-refractivity contribution in [2.45, 2.75) is 90.9 Å². The van der Waals surface area contributed by atoms with Crippen LogP contribution in [0.4, 0.5) is 0 Å². The maximum absolute atomic E-state index is 15.8. The Labute approximate surface area is 298 Å². The van der Waals surface area contributed by atoms with E-state index in [0.29, 0.717) is 19.0 Å². The highest BCUT2D eigenvalue weighted by Crippen LogP contribution is 2.57. The van der Waals surface area contributed by atoms with Gasteiger partial charge in [0, 0.05) is 6.07 Å². The summed E-state index contributed by atoms with van der Waals surface area (Å²) in [6, 6.07) is 14.3. The van der Waals surface area contributed by atoms with E-state index in [1.807, 2.05) is 0 Å². The maximum Gasteiger partial charge on any atom is 0.252 e. The van der Waals surface area contributed by atoms with Crippen LogP contribution in [0.5, 0.6) is 34.5 Å². The van der Waals surface area contributed by atoms with E-state index >= 15 is 4.57 Å². The molecular weight excluding hydrogens is 655 g/mol. The first kappa shape index (κ1) is 40.5. The van der Waals surface area contributed by atoms with Crippen molar-refractivity contribution in [2.75, 3.05) is 41.7 Å². The summed E-state index contributed by atoms with van der Waals surface area (Å²) in [6.45, 7) is 5.17. The molecule has 0 N–H and O–H groups in total. The van der Waals surface area contributed by atoms with E-state index in [1.165, 1.54) is 60.2 Å². The Morgan fingerprint density at radius 1 is 0.520 bits per heavy atom. The lowest BCUT2D eigenvalue weighted by molar-refractivity contribution is 0.103. The Balaban J connectivity index is 2.16. The molecule has 0 aromatic heterocycles.